The van der Waals surface area contributed by atoms with Crippen molar-refractivity contribution in [2.75, 3.05) is 6.54 Å². The van der Waals surface area contributed by atoms with Gasteiger partial charge in [0.1, 0.15) is 5.82 Å². The second-order valence-electron chi connectivity index (χ2n) is 7.32. The number of hydrogen-bond donors (Lipinski definition) is 1. The predicted octanol–water partition coefficient (Wildman–Crippen LogP) is 2.88. The van der Waals surface area contributed by atoms with Gasteiger partial charge < -0.3 is 9.84 Å². The summed E-state index contributed by atoms with van der Waals surface area (Å²) >= 11 is 0. The Balaban J connectivity index is 1.61. The van der Waals surface area contributed by atoms with Crippen molar-refractivity contribution in [3.63, 3.8) is 0 Å². The van der Waals surface area contributed by atoms with Crippen LogP contribution < -0.4 is 5.32 Å². The van der Waals surface area contributed by atoms with Crippen molar-refractivity contribution in [3.8, 4) is 11.3 Å². The zero-order valence-electron chi connectivity index (χ0n) is 15.8. The van der Waals surface area contributed by atoms with Gasteiger partial charge in [-0.2, -0.15) is 10.1 Å². The Bertz CT molecular complexity index is 938. The van der Waals surface area contributed by atoms with Crippen molar-refractivity contribution in [1.29, 1.82) is 0 Å². The molecule has 27 heavy (non-hydrogen) atoms. The van der Waals surface area contributed by atoms with E-state index in [2.05, 4.69) is 20.6 Å². The Hall–Kier alpha value is -3.03. The predicted molar refractivity (Wildman–Crippen MR) is 97.6 cm³/mol. The highest BCUT2D eigenvalue weighted by molar-refractivity contribution is 5.93. The van der Waals surface area contributed by atoms with Crippen LogP contribution in [-0.4, -0.2) is 32.4 Å². The van der Waals surface area contributed by atoms with Crippen LogP contribution in [0.25, 0.3) is 11.3 Å². The number of halogens is 1. The number of nitrogens with one attached hydrogen (secondary N) is 1. The van der Waals surface area contributed by atoms with Gasteiger partial charge in [0.15, 0.2) is 11.5 Å². The first-order chi connectivity index (χ1) is 12.7. The van der Waals surface area contributed by atoms with E-state index >= 15 is 0 Å². The lowest BCUT2D eigenvalue weighted by Gasteiger charge is -2.10. The third-order valence-electron chi connectivity index (χ3n) is 4.00. The van der Waals surface area contributed by atoms with E-state index in [9.17, 15) is 9.18 Å². The summed E-state index contributed by atoms with van der Waals surface area (Å²) in [6, 6.07) is 7.72. The average molecular weight is 371 g/mol. The van der Waals surface area contributed by atoms with Crippen molar-refractivity contribution in [1.82, 2.24) is 25.2 Å². The Morgan fingerprint density at radius 3 is 2.59 bits per heavy atom. The van der Waals surface area contributed by atoms with Gasteiger partial charge in [-0.3, -0.25) is 9.48 Å². The Morgan fingerprint density at radius 1 is 1.26 bits per heavy atom. The normalized spacial score (nSPS) is 11.6. The van der Waals surface area contributed by atoms with Gasteiger partial charge >= 0.3 is 0 Å². The molecule has 0 fully saturated rings. The molecule has 3 aromatic rings. The molecule has 0 spiro atoms. The Labute approximate surface area is 156 Å². The van der Waals surface area contributed by atoms with Crippen molar-refractivity contribution >= 4 is 5.91 Å². The van der Waals surface area contributed by atoms with Crippen LogP contribution in [0.1, 0.15) is 43.0 Å². The number of hydrogen-bond acceptors (Lipinski definition) is 5. The molecule has 0 aliphatic heterocycles. The zero-order valence-corrected chi connectivity index (χ0v) is 15.8. The molecule has 2 aromatic heterocycles. The minimum Gasteiger partial charge on any atom is -0.350 e. The van der Waals surface area contributed by atoms with Crippen molar-refractivity contribution in [2.45, 2.75) is 32.6 Å². The van der Waals surface area contributed by atoms with E-state index in [1.54, 1.807) is 29.9 Å². The number of rotatable bonds is 5. The van der Waals surface area contributed by atoms with Gasteiger partial charge in [0, 0.05) is 25.4 Å². The standard InChI is InChI=1S/C19H22FN5O2/c1-19(2,3)18-22-16(24-27-18)9-10-21-17(26)14-11-15(25(4)23-14)12-5-7-13(20)8-6-12/h5-8,11H,9-10H2,1-4H3,(H,21,26). The number of aryl methyl sites for hydroxylation is 1. The first-order valence-corrected chi connectivity index (χ1v) is 8.65. The van der Waals surface area contributed by atoms with Gasteiger partial charge in [0.2, 0.25) is 5.89 Å². The minimum absolute atomic E-state index is 0.209. The lowest BCUT2D eigenvalue weighted by atomic mass is 9.97. The molecular weight excluding hydrogens is 349 g/mol. The van der Waals surface area contributed by atoms with Crippen LogP contribution in [0.2, 0.25) is 0 Å². The second-order valence-corrected chi connectivity index (χ2v) is 7.32. The number of nitrogens with zero attached hydrogens (tertiary/aromatic N) is 4. The van der Waals surface area contributed by atoms with Crippen LogP contribution >= 0.6 is 0 Å². The van der Waals surface area contributed by atoms with Gasteiger partial charge in [0.05, 0.1) is 5.69 Å². The first kappa shape index (κ1) is 18.8. The summed E-state index contributed by atoms with van der Waals surface area (Å²) in [5, 5.41) is 11.0. The molecule has 0 bridgehead atoms. The maximum absolute atomic E-state index is 13.1. The maximum atomic E-state index is 13.1. The Morgan fingerprint density at radius 2 is 1.96 bits per heavy atom. The van der Waals surface area contributed by atoms with Gasteiger partial charge in [0.25, 0.3) is 5.91 Å². The third-order valence-corrected chi connectivity index (χ3v) is 4.00. The van der Waals surface area contributed by atoms with Crippen LogP contribution in [0.4, 0.5) is 4.39 Å². The molecule has 0 radical (unpaired) electrons. The summed E-state index contributed by atoms with van der Waals surface area (Å²) in [5.41, 5.74) is 1.60. The summed E-state index contributed by atoms with van der Waals surface area (Å²) in [5.74, 6) is 0.513. The fourth-order valence-corrected chi connectivity index (χ4v) is 2.51. The highest BCUT2D eigenvalue weighted by atomic mass is 19.1. The summed E-state index contributed by atoms with van der Waals surface area (Å²) in [7, 11) is 1.74. The molecule has 0 aliphatic carbocycles. The van der Waals surface area contributed by atoms with Gasteiger partial charge in [-0.25, -0.2) is 4.39 Å². The SMILES string of the molecule is Cn1nc(C(=O)NCCc2noc(C(C)(C)C)n2)cc1-c1ccc(F)cc1. The zero-order chi connectivity index (χ0) is 19.6. The van der Waals surface area contributed by atoms with Crippen LogP contribution in [0.3, 0.4) is 0 Å². The first-order valence-electron chi connectivity index (χ1n) is 8.65. The largest absolute Gasteiger partial charge is 0.350 e. The number of carbonyl (C=O) groups excluding carboxylic acids is 1. The Kier molecular flexibility index (Phi) is 5.07. The molecular formula is C19H22FN5O2. The smallest absolute Gasteiger partial charge is 0.271 e. The summed E-state index contributed by atoms with van der Waals surface area (Å²) in [6.07, 6.45) is 0.461. The lowest BCUT2D eigenvalue weighted by Crippen LogP contribution is -2.26. The van der Waals surface area contributed by atoms with Gasteiger partial charge in [-0.05, 0) is 35.9 Å². The lowest BCUT2D eigenvalue weighted by molar-refractivity contribution is 0.0948. The van der Waals surface area contributed by atoms with Crippen molar-refractivity contribution < 1.29 is 13.7 Å². The van der Waals surface area contributed by atoms with E-state index in [1.807, 2.05) is 20.8 Å². The molecule has 1 amide bonds. The number of aromatic nitrogens is 4. The highest BCUT2D eigenvalue weighted by Gasteiger charge is 2.21. The van der Waals surface area contributed by atoms with Crippen LogP contribution in [-0.2, 0) is 18.9 Å². The highest BCUT2D eigenvalue weighted by Crippen LogP contribution is 2.21. The summed E-state index contributed by atoms with van der Waals surface area (Å²) in [6.45, 7) is 6.34. The molecule has 7 nitrogen and oxygen atoms in total. The maximum Gasteiger partial charge on any atom is 0.271 e. The summed E-state index contributed by atoms with van der Waals surface area (Å²) in [4.78, 5) is 16.7. The second kappa shape index (κ2) is 7.30. The monoisotopic (exact) mass is 371 g/mol. The molecule has 0 saturated heterocycles. The number of amides is 1. The topological polar surface area (TPSA) is 85.8 Å². The van der Waals surface area contributed by atoms with E-state index in [4.69, 9.17) is 4.52 Å². The molecule has 0 saturated carbocycles. The molecule has 1 N–H and O–H groups in total. The molecule has 3 rings (SSSR count). The summed E-state index contributed by atoms with van der Waals surface area (Å²) < 4.78 is 19.9. The molecule has 8 heteroatoms. The molecule has 1 aromatic carbocycles. The van der Waals surface area contributed by atoms with E-state index in [1.165, 1.54) is 12.1 Å². The van der Waals surface area contributed by atoms with Crippen molar-refractivity contribution in [2.24, 2.45) is 7.05 Å². The fraction of sp³-hybridized carbons (Fsp3) is 0.368. The van der Waals surface area contributed by atoms with Crippen LogP contribution in [0.5, 0.6) is 0 Å². The number of carbonyl (C=O) groups is 1. The molecule has 2 heterocycles. The third kappa shape index (κ3) is 4.39. The van der Waals surface area contributed by atoms with Crippen molar-refractivity contribution in [3.05, 3.63) is 53.6 Å². The minimum atomic E-state index is -0.310. The van der Waals surface area contributed by atoms with Crippen LogP contribution in [0.15, 0.2) is 34.9 Å². The van der Waals surface area contributed by atoms with Gasteiger partial charge in [-0.1, -0.05) is 25.9 Å². The molecule has 0 unspecified atom stereocenters. The van der Waals surface area contributed by atoms with E-state index in [0.717, 1.165) is 11.3 Å². The van der Waals surface area contributed by atoms with E-state index in [-0.39, 0.29) is 17.1 Å². The molecule has 0 atom stereocenters. The number of benzene rings is 1. The van der Waals surface area contributed by atoms with E-state index in [0.29, 0.717) is 30.4 Å². The average Bonchev–Trinajstić information content (AvgIpc) is 3.22. The quantitative estimate of drug-likeness (QED) is 0.745. The van der Waals surface area contributed by atoms with E-state index < -0.39 is 0 Å². The molecule has 0 aliphatic rings. The molecule has 142 valence electrons. The fourth-order valence-electron chi connectivity index (χ4n) is 2.51. The van der Waals surface area contributed by atoms with Gasteiger partial charge in [-0.15, -0.1) is 0 Å². The van der Waals surface area contributed by atoms with Crippen LogP contribution in [0, 0.1) is 5.82 Å².